The smallest absolute Gasteiger partial charge is 0.234 e. The Morgan fingerprint density at radius 3 is 1.32 bits per heavy atom. The van der Waals surface area contributed by atoms with Crippen molar-refractivity contribution < 1.29 is 9.90 Å². The number of rotatable bonds is 25. The van der Waals surface area contributed by atoms with Gasteiger partial charge in [0.25, 0.3) is 0 Å². The minimum Gasteiger partial charge on any atom is -0.395 e. The molecule has 31 heavy (non-hydrogen) atoms. The van der Waals surface area contributed by atoms with E-state index in [4.69, 9.17) is 5.11 Å². The van der Waals surface area contributed by atoms with Crippen molar-refractivity contribution in [2.45, 2.75) is 149 Å². The Kier molecular flexibility index (Phi) is 25.1. The van der Waals surface area contributed by atoms with Gasteiger partial charge in [0.1, 0.15) is 0 Å². The third kappa shape index (κ3) is 23.9. The van der Waals surface area contributed by atoms with Crippen LogP contribution in [0.15, 0.2) is 0 Å². The van der Waals surface area contributed by atoms with Gasteiger partial charge in [-0.25, -0.2) is 5.01 Å². The molecule has 0 saturated carbocycles. The predicted molar refractivity (Wildman–Crippen MR) is 135 cm³/mol. The molecule has 0 aliphatic rings. The highest BCUT2D eigenvalue weighted by atomic mass is 16.3. The predicted octanol–water partition coefficient (Wildman–Crippen LogP) is 7.54. The monoisotopic (exact) mass is 440 g/mol. The number of nitrogens with one attached hydrogen (secondary N) is 1. The zero-order valence-electron chi connectivity index (χ0n) is 21.3. The normalized spacial score (nSPS) is 11.4. The molecule has 0 aliphatic carbocycles. The first-order valence-corrected chi connectivity index (χ1v) is 13.9. The lowest BCUT2D eigenvalue weighted by Crippen LogP contribution is -2.44. The van der Waals surface area contributed by atoms with Gasteiger partial charge in [-0.3, -0.25) is 10.2 Å². The van der Waals surface area contributed by atoms with Crippen molar-refractivity contribution in [3.05, 3.63) is 0 Å². The summed E-state index contributed by atoms with van der Waals surface area (Å²) in [5.41, 5.74) is 2.91. The molecule has 0 atom stereocenters. The van der Waals surface area contributed by atoms with E-state index in [0.29, 0.717) is 13.0 Å². The Morgan fingerprint density at radius 1 is 0.581 bits per heavy atom. The molecular formula is C27H56N2O2. The molecule has 0 unspecified atom stereocenters. The molecule has 186 valence electrons. The van der Waals surface area contributed by atoms with Gasteiger partial charge in [0.15, 0.2) is 0 Å². The lowest BCUT2D eigenvalue weighted by Gasteiger charge is -2.21. The summed E-state index contributed by atoms with van der Waals surface area (Å²) >= 11 is 0. The summed E-state index contributed by atoms with van der Waals surface area (Å²) in [5, 5.41) is 10.9. The first kappa shape index (κ1) is 30.4. The highest BCUT2D eigenvalue weighted by Crippen LogP contribution is 2.14. The van der Waals surface area contributed by atoms with Crippen LogP contribution in [0.1, 0.15) is 149 Å². The zero-order valence-corrected chi connectivity index (χ0v) is 21.3. The van der Waals surface area contributed by atoms with Crippen LogP contribution in [0.2, 0.25) is 0 Å². The van der Waals surface area contributed by atoms with Crippen LogP contribution in [-0.4, -0.2) is 35.7 Å². The fraction of sp³-hybridized carbons (Fsp3) is 0.963. The number of hydrogen-bond donors (Lipinski definition) is 2. The van der Waals surface area contributed by atoms with E-state index < -0.39 is 0 Å². The molecule has 0 aromatic carbocycles. The summed E-state index contributed by atoms with van der Waals surface area (Å²) in [7, 11) is 0. The number of nitrogens with zero attached hydrogens (tertiary/aromatic N) is 1. The van der Waals surface area contributed by atoms with E-state index in [0.717, 1.165) is 25.8 Å². The van der Waals surface area contributed by atoms with E-state index in [2.05, 4.69) is 19.3 Å². The molecular weight excluding hydrogens is 384 g/mol. The molecule has 4 nitrogen and oxygen atoms in total. The number of hydrazine groups is 1. The Balaban J connectivity index is 3.23. The van der Waals surface area contributed by atoms with Crippen LogP contribution in [-0.2, 0) is 4.79 Å². The highest BCUT2D eigenvalue weighted by Gasteiger charge is 2.07. The SMILES string of the molecule is CCCCCCCCCCCCCCCCCCCCCC(=O)NN(CCC)CCO. The third-order valence-corrected chi connectivity index (χ3v) is 6.15. The molecule has 0 heterocycles. The van der Waals surface area contributed by atoms with Crippen LogP contribution < -0.4 is 5.43 Å². The van der Waals surface area contributed by atoms with E-state index in [1.54, 1.807) is 0 Å². The van der Waals surface area contributed by atoms with Crippen molar-refractivity contribution in [2.24, 2.45) is 0 Å². The van der Waals surface area contributed by atoms with Gasteiger partial charge < -0.3 is 5.11 Å². The van der Waals surface area contributed by atoms with Gasteiger partial charge in [-0.1, -0.05) is 129 Å². The van der Waals surface area contributed by atoms with Crippen molar-refractivity contribution in [3.63, 3.8) is 0 Å². The minimum atomic E-state index is 0.0829. The summed E-state index contributed by atoms with van der Waals surface area (Å²) in [6.07, 6.45) is 27.6. The number of hydrogen-bond acceptors (Lipinski definition) is 3. The Bertz CT molecular complexity index is 357. The standard InChI is InChI=1S/C27H56N2O2/c1-3-5-6-7-8-9-10-11-12-13-14-15-16-17-18-19-20-21-22-23-27(31)28-29(24-4-2)25-26-30/h30H,3-26H2,1-2H3,(H,28,31). The molecule has 0 aromatic rings. The molecule has 1 amide bonds. The molecule has 0 aromatic heterocycles. The van der Waals surface area contributed by atoms with Gasteiger partial charge in [-0.05, 0) is 12.8 Å². The second kappa shape index (κ2) is 25.6. The summed E-state index contributed by atoms with van der Waals surface area (Å²) in [5.74, 6) is 0.0915. The van der Waals surface area contributed by atoms with Gasteiger partial charge in [0.05, 0.1) is 6.61 Å². The van der Waals surface area contributed by atoms with E-state index in [1.807, 2.05) is 5.01 Å². The average molecular weight is 441 g/mol. The Labute approximate surface area is 194 Å². The molecule has 4 heteroatoms. The van der Waals surface area contributed by atoms with Crippen molar-refractivity contribution >= 4 is 5.91 Å². The number of unbranched alkanes of at least 4 members (excludes halogenated alkanes) is 18. The van der Waals surface area contributed by atoms with Crippen LogP contribution >= 0.6 is 0 Å². The number of carbonyl (C=O) groups is 1. The van der Waals surface area contributed by atoms with Crippen LogP contribution in [0.3, 0.4) is 0 Å². The third-order valence-electron chi connectivity index (χ3n) is 6.15. The largest absolute Gasteiger partial charge is 0.395 e. The molecule has 0 spiro atoms. The van der Waals surface area contributed by atoms with Gasteiger partial charge in [-0.2, -0.15) is 0 Å². The Morgan fingerprint density at radius 2 is 0.968 bits per heavy atom. The van der Waals surface area contributed by atoms with Crippen LogP contribution in [0.5, 0.6) is 0 Å². The quantitative estimate of drug-likeness (QED) is 0.114. The Hall–Kier alpha value is -0.610. The van der Waals surface area contributed by atoms with E-state index in [1.165, 1.54) is 109 Å². The molecule has 0 bridgehead atoms. The topological polar surface area (TPSA) is 52.6 Å². The summed E-state index contributed by atoms with van der Waals surface area (Å²) in [6, 6.07) is 0. The lowest BCUT2D eigenvalue weighted by atomic mass is 10.0. The summed E-state index contributed by atoms with van der Waals surface area (Å²) < 4.78 is 0. The van der Waals surface area contributed by atoms with Gasteiger partial charge >= 0.3 is 0 Å². The van der Waals surface area contributed by atoms with Crippen molar-refractivity contribution in [1.29, 1.82) is 0 Å². The van der Waals surface area contributed by atoms with Crippen LogP contribution in [0.4, 0.5) is 0 Å². The first-order chi connectivity index (χ1) is 15.2. The second-order valence-electron chi connectivity index (χ2n) is 9.36. The van der Waals surface area contributed by atoms with E-state index in [9.17, 15) is 4.79 Å². The molecule has 2 N–H and O–H groups in total. The lowest BCUT2D eigenvalue weighted by molar-refractivity contribution is -0.126. The maximum absolute atomic E-state index is 12.0. The second-order valence-corrected chi connectivity index (χ2v) is 9.36. The summed E-state index contributed by atoms with van der Waals surface area (Å²) in [6.45, 7) is 5.76. The van der Waals surface area contributed by atoms with Crippen molar-refractivity contribution in [2.75, 3.05) is 19.7 Å². The molecule has 0 aliphatic heterocycles. The number of amides is 1. The number of aliphatic hydroxyl groups is 1. The van der Waals surface area contributed by atoms with Gasteiger partial charge in [-0.15, -0.1) is 0 Å². The molecule has 0 radical (unpaired) electrons. The fourth-order valence-corrected chi connectivity index (χ4v) is 4.21. The zero-order chi connectivity index (χ0) is 22.8. The van der Waals surface area contributed by atoms with E-state index >= 15 is 0 Å². The maximum atomic E-state index is 12.0. The molecule has 0 fully saturated rings. The minimum absolute atomic E-state index is 0.0829. The molecule has 0 rings (SSSR count). The van der Waals surface area contributed by atoms with Crippen LogP contribution in [0.25, 0.3) is 0 Å². The fourth-order valence-electron chi connectivity index (χ4n) is 4.21. The van der Waals surface area contributed by atoms with Crippen LogP contribution in [0, 0.1) is 0 Å². The first-order valence-electron chi connectivity index (χ1n) is 13.9. The van der Waals surface area contributed by atoms with Gasteiger partial charge in [0.2, 0.25) is 5.91 Å². The molecule has 0 saturated heterocycles. The average Bonchev–Trinajstić information content (AvgIpc) is 2.75. The summed E-state index contributed by atoms with van der Waals surface area (Å²) in [4.78, 5) is 12.0. The highest BCUT2D eigenvalue weighted by molar-refractivity contribution is 5.75. The van der Waals surface area contributed by atoms with E-state index in [-0.39, 0.29) is 12.5 Å². The number of aliphatic hydroxyl groups excluding tert-OH is 1. The van der Waals surface area contributed by atoms with Crippen molar-refractivity contribution in [3.8, 4) is 0 Å². The van der Waals surface area contributed by atoms with Crippen molar-refractivity contribution in [1.82, 2.24) is 10.4 Å². The number of carbonyl (C=O) groups excluding carboxylic acids is 1. The maximum Gasteiger partial charge on any atom is 0.234 e. The van der Waals surface area contributed by atoms with Gasteiger partial charge in [0, 0.05) is 19.5 Å².